The van der Waals surface area contributed by atoms with Crippen molar-refractivity contribution in [3.05, 3.63) is 57.6 Å². The second-order valence-corrected chi connectivity index (χ2v) is 5.59. The van der Waals surface area contributed by atoms with Gasteiger partial charge in [-0.1, -0.05) is 23.7 Å². The number of aromatic nitrogens is 2. The molecular formula is C16H13ClN4O3. The first-order valence-corrected chi connectivity index (χ1v) is 7.40. The van der Waals surface area contributed by atoms with Gasteiger partial charge in [0.05, 0.1) is 30.7 Å². The molecule has 122 valence electrons. The number of methoxy groups -OCH3 is 1. The number of hydrogen-bond acceptors (Lipinski definition) is 6. The Hall–Kier alpha value is -2.98. The van der Waals surface area contributed by atoms with E-state index in [9.17, 15) is 10.1 Å². The first-order valence-electron chi connectivity index (χ1n) is 7.02. The van der Waals surface area contributed by atoms with Crippen LogP contribution in [-0.2, 0) is 16.0 Å². The second kappa shape index (κ2) is 6.26. The van der Waals surface area contributed by atoms with Gasteiger partial charge in [0, 0.05) is 5.02 Å². The van der Waals surface area contributed by atoms with Gasteiger partial charge in [0.2, 0.25) is 11.8 Å². The molecule has 24 heavy (non-hydrogen) atoms. The van der Waals surface area contributed by atoms with E-state index < -0.39 is 11.9 Å². The molecule has 0 fully saturated rings. The maximum atomic E-state index is 11.6. The molecule has 0 saturated heterocycles. The van der Waals surface area contributed by atoms with Crippen LogP contribution in [0.25, 0.3) is 0 Å². The summed E-state index contributed by atoms with van der Waals surface area (Å²) in [6.07, 6.45) is -0.0229. The van der Waals surface area contributed by atoms with Gasteiger partial charge < -0.3 is 15.2 Å². The van der Waals surface area contributed by atoms with Crippen LogP contribution in [0.2, 0.25) is 5.02 Å². The molecule has 3 rings (SSSR count). The van der Waals surface area contributed by atoms with Gasteiger partial charge in [-0.15, -0.1) is 5.10 Å². The number of esters is 1. The number of nitrogens with two attached hydrogens (primary N) is 1. The molecule has 1 aliphatic rings. The molecule has 1 aliphatic heterocycles. The topological polar surface area (TPSA) is 114 Å². The molecule has 2 heterocycles. The molecule has 0 amide bonds. The van der Waals surface area contributed by atoms with Crippen molar-refractivity contribution < 1.29 is 14.3 Å². The van der Waals surface area contributed by atoms with Crippen LogP contribution in [0, 0.1) is 11.3 Å². The molecule has 3 N–H and O–H groups in total. The Morgan fingerprint density at radius 2 is 2.21 bits per heavy atom. The molecule has 2 aromatic rings. The van der Waals surface area contributed by atoms with Crippen molar-refractivity contribution in [1.29, 1.82) is 5.26 Å². The summed E-state index contributed by atoms with van der Waals surface area (Å²) < 4.78 is 10.1. The highest BCUT2D eigenvalue weighted by molar-refractivity contribution is 6.30. The van der Waals surface area contributed by atoms with Crippen LogP contribution in [-0.4, -0.2) is 23.3 Å². The number of benzene rings is 1. The van der Waals surface area contributed by atoms with Gasteiger partial charge in [-0.2, -0.15) is 5.26 Å². The van der Waals surface area contributed by atoms with Crippen molar-refractivity contribution in [2.45, 2.75) is 12.3 Å². The largest absolute Gasteiger partial charge is 0.469 e. The number of aromatic amines is 1. The van der Waals surface area contributed by atoms with E-state index >= 15 is 0 Å². The molecule has 0 spiro atoms. The number of rotatable bonds is 3. The van der Waals surface area contributed by atoms with E-state index in [0.29, 0.717) is 16.3 Å². The van der Waals surface area contributed by atoms with Crippen LogP contribution in [0.5, 0.6) is 5.88 Å². The van der Waals surface area contributed by atoms with E-state index in [1.165, 1.54) is 7.11 Å². The Labute approximate surface area is 142 Å². The number of ether oxygens (including phenoxy) is 2. The lowest BCUT2D eigenvalue weighted by atomic mass is 9.83. The number of fused-ring (bicyclic) bond motifs is 1. The lowest BCUT2D eigenvalue weighted by Gasteiger charge is -2.24. The van der Waals surface area contributed by atoms with E-state index in [1.54, 1.807) is 24.3 Å². The minimum atomic E-state index is -0.505. The first-order chi connectivity index (χ1) is 11.5. The number of carbonyl (C=O) groups excluding carboxylic acids is 1. The zero-order chi connectivity index (χ0) is 17.3. The van der Waals surface area contributed by atoms with Crippen LogP contribution >= 0.6 is 11.6 Å². The minimum absolute atomic E-state index is 0.0129. The summed E-state index contributed by atoms with van der Waals surface area (Å²) in [5.74, 6) is -0.710. The summed E-state index contributed by atoms with van der Waals surface area (Å²) in [5.41, 5.74) is 8.00. The van der Waals surface area contributed by atoms with E-state index in [0.717, 1.165) is 5.56 Å². The van der Waals surface area contributed by atoms with Gasteiger partial charge in [0.15, 0.2) is 0 Å². The van der Waals surface area contributed by atoms with Crippen LogP contribution in [0.15, 0.2) is 35.7 Å². The van der Waals surface area contributed by atoms with E-state index in [-0.39, 0.29) is 23.8 Å². The fourth-order valence-corrected chi connectivity index (χ4v) is 2.77. The maximum Gasteiger partial charge on any atom is 0.311 e. The average Bonchev–Trinajstić information content (AvgIpc) is 2.96. The number of nitriles is 1. The fourth-order valence-electron chi connectivity index (χ4n) is 2.65. The van der Waals surface area contributed by atoms with Crippen LogP contribution in [0.3, 0.4) is 0 Å². The van der Waals surface area contributed by atoms with Gasteiger partial charge in [0.1, 0.15) is 11.6 Å². The van der Waals surface area contributed by atoms with Crippen LogP contribution in [0.4, 0.5) is 0 Å². The number of carbonyl (C=O) groups is 1. The molecule has 0 unspecified atom stereocenters. The van der Waals surface area contributed by atoms with E-state index in [1.807, 2.05) is 0 Å². The summed E-state index contributed by atoms with van der Waals surface area (Å²) in [4.78, 5) is 11.6. The Morgan fingerprint density at radius 3 is 2.83 bits per heavy atom. The highest BCUT2D eigenvalue weighted by Gasteiger charge is 2.35. The zero-order valence-corrected chi connectivity index (χ0v) is 13.4. The van der Waals surface area contributed by atoms with Gasteiger partial charge >= 0.3 is 5.97 Å². The van der Waals surface area contributed by atoms with Crippen molar-refractivity contribution in [1.82, 2.24) is 10.2 Å². The number of halogens is 1. The van der Waals surface area contributed by atoms with E-state index in [2.05, 4.69) is 16.3 Å². The lowest BCUT2D eigenvalue weighted by molar-refractivity contribution is -0.139. The highest BCUT2D eigenvalue weighted by atomic mass is 35.5. The Bertz CT molecular complexity index is 864. The Balaban J connectivity index is 2.15. The normalized spacial score (nSPS) is 16.1. The SMILES string of the molecule is COC(=O)Cc1[nH]nc2c1[C@@H](c1ccc(Cl)cc1)C(C#N)=C(N)O2. The molecule has 1 aromatic heterocycles. The lowest BCUT2D eigenvalue weighted by Crippen LogP contribution is -2.21. The molecule has 1 atom stereocenters. The molecule has 0 radical (unpaired) electrons. The quantitative estimate of drug-likeness (QED) is 0.823. The van der Waals surface area contributed by atoms with E-state index in [4.69, 9.17) is 26.8 Å². The second-order valence-electron chi connectivity index (χ2n) is 5.15. The number of allylic oxidation sites excluding steroid dienone is 1. The summed E-state index contributed by atoms with van der Waals surface area (Å²) in [6.45, 7) is 0. The molecule has 0 aliphatic carbocycles. The number of hydrogen-bond donors (Lipinski definition) is 2. The zero-order valence-electron chi connectivity index (χ0n) is 12.7. The van der Waals surface area contributed by atoms with Crippen molar-refractivity contribution in [3.63, 3.8) is 0 Å². The van der Waals surface area contributed by atoms with Gasteiger partial charge in [-0.25, -0.2) is 0 Å². The predicted molar refractivity (Wildman–Crippen MR) is 85.1 cm³/mol. The summed E-state index contributed by atoms with van der Waals surface area (Å²) in [7, 11) is 1.30. The van der Waals surface area contributed by atoms with Gasteiger partial charge in [-0.3, -0.25) is 9.89 Å². The number of nitrogens with one attached hydrogen (secondary N) is 1. The summed E-state index contributed by atoms with van der Waals surface area (Å²) in [6, 6.07) is 9.11. The third kappa shape index (κ3) is 2.68. The Morgan fingerprint density at radius 1 is 1.50 bits per heavy atom. The minimum Gasteiger partial charge on any atom is -0.469 e. The van der Waals surface area contributed by atoms with Crippen molar-refractivity contribution in [2.24, 2.45) is 5.73 Å². The van der Waals surface area contributed by atoms with Crippen molar-refractivity contribution >= 4 is 17.6 Å². The van der Waals surface area contributed by atoms with Crippen molar-refractivity contribution in [2.75, 3.05) is 7.11 Å². The Kier molecular flexibility index (Phi) is 4.15. The molecule has 1 aromatic carbocycles. The van der Waals surface area contributed by atoms with Crippen LogP contribution < -0.4 is 10.5 Å². The number of H-pyrrole nitrogens is 1. The average molecular weight is 345 g/mol. The summed E-state index contributed by atoms with van der Waals surface area (Å²) >= 11 is 5.94. The molecule has 0 saturated carbocycles. The smallest absolute Gasteiger partial charge is 0.311 e. The summed E-state index contributed by atoms with van der Waals surface area (Å²) in [5, 5.41) is 16.9. The highest BCUT2D eigenvalue weighted by Crippen LogP contribution is 2.43. The van der Waals surface area contributed by atoms with Gasteiger partial charge in [-0.05, 0) is 17.7 Å². The van der Waals surface area contributed by atoms with Crippen molar-refractivity contribution in [3.8, 4) is 11.9 Å². The third-order valence-electron chi connectivity index (χ3n) is 3.77. The molecular weight excluding hydrogens is 332 g/mol. The maximum absolute atomic E-state index is 11.6. The monoisotopic (exact) mass is 344 g/mol. The molecule has 7 nitrogen and oxygen atoms in total. The number of nitrogens with zero attached hydrogens (tertiary/aromatic N) is 2. The fraction of sp³-hybridized carbons (Fsp3) is 0.188. The molecule has 0 bridgehead atoms. The van der Waals surface area contributed by atoms with Crippen LogP contribution in [0.1, 0.15) is 22.7 Å². The predicted octanol–water partition coefficient (Wildman–Crippen LogP) is 2.00. The van der Waals surface area contributed by atoms with Gasteiger partial charge in [0.25, 0.3) is 0 Å². The molecule has 8 heteroatoms. The third-order valence-corrected chi connectivity index (χ3v) is 4.02. The first kappa shape index (κ1) is 15.9. The standard InChI is InChI=1S/C16H13ClN4O3/c1-23-12(22)6-11-14-13(8-2-4-9(17)5-3-8)10(7-18)15(19)24-16(14)21-20-11/h2-5,13H,6,19H2,1H3,(H,20,21)/t13-/m0/s1.